The van der Waals surface area contributed by atoms with Crippen LogP contribution < -0.4 is 20.5 Å². The van der Waals surface area contributed by atoms with Crippen molar-refractivity contribution in [3.8, 4) is 5.75 Å². The zero-order valence-corrected chi connectivity index (χ0v) is 16.8. The van der Waals surface area contributed by atoms with Crippen LogP contribution in [-0.2, 0) is 22.6 Å². The predicted octanol–water partition coefficient (Wildman–Crippen LogP) is 1.01. The molecule has 1 amide bonds. The first-order valence-electron chi connectivity index (χ1n) is 9.22. The van der Waals surface area contributed by atoms with Crippen molar-refractivity contribution in [2.75, 3.05) is 38.3 Å². The van der Waals surface area contributed by atoms with E-state index in [-0.39, 0.29) is 18.0 Å². The maximum absolute atomic E-state index is 12.8. The first-order valence-corrected chi connectivity index (χ1v) is 10.0. The molecule has 0 radical (unpaired) electrons. The standard InChI is InChI=1S/C19H21N5O4S/c1-27-14-4-2-3-13(9-14)10-20-15(25)11-24-12-21-17-16(18(24)26)29-19(22-17)23-5-7-28-8-6-23/h2-4,9,12H,5-8,10-11H2,1H3,(H,20,25). The molecular formula is C19H21N5O4S. The highest BCUT2D eigenvalue weighted by Crippen LogP contribution is 2.25. The lowest BCUT2D eigenvalue weighted by Crippen LogP contribution is -2.36. The van der Waals surface area contributed by atoms with Gasteiger partial charge in [-0.3, -0.25) is 14.2 Å². The Morgan fingerprint density at radius 3 is 2.97 bits per heavy atom. The first kappa shape index (κ1) is 19.3. The molecule has 1 saturated heterocycles. The smallest absolute Gasteiger partial charge is 0.273 e. The zero-order chi connectivity index (χ0) is 20.2. The lowest BCUT2D eigenvalue weighted by atomic mass is 10.2. The van der Waals surface area contributed by atoms with E-state index in [0.717, 1.165) is 29.5 Å². The number of methoxy groups -OCH3 is 1. The summed E-state index contributed by atoms with van der Waals surface area (Å²) in [5.41, 5.74) is 1.06. The number of carbonyl (C=O) groups excluding carboxylic acids is 1. The largest absolute Gasteiger partial charge is 0.497 e. The molecule has 1 aromatic carbocycles. The number of rotatable bonds is 6. The number of carbonyl (C=O) groups is 1. The second-order valence-corrected chi connectivity index (χ2v) is 7.53. The average Bonchev–Trinajstić information content (AvgIpc) is 3.20. The van der Waals surface area contributed by atoms with Crippen molar-refractivity contribution < 1.29 is 14.3 Å². The van der Waals surface area contributed by atoms with Crippen molar-refractivity contribution in [3.63, 3.8) is 0 Å². The Bertz CT molecular complexity index is 1070. The normalized spacial score (nSPS) is 14.2. The minimum absolute atomic E-state index is 0.101. The van der Waals surface area contributed by atoms with Crippen LogP contribution in [0.3, 0.4) is 0 Å². The zero-order valence-electron chi connectivity index (χ0n) is 16.0. The minimum Gasteiger partial charge on any atom is -0.497 e. The minimum atomic E-state index is -0.269. The van der Waals surface area contributed by atoms with Gasteiger partial charge in [-0.2, -0.15) is 4.98 Å². The molecule has 3 aromatic rings. The van der Waals surface area contributed by atoms with E-state index in [1.807, 2.05) is 24.3 Å². The van der Waals surface area contributed by atoms with Gasteiger partial charge in [-0.25, -0.2) is 4.98 Å². The van der Waals surface area contributed by atoms with Crippen molar-refractivity contribution in [2.45, 2.75) is 13.1 Å². The molecule has 0 aliphatic carbocycles. The van der Waals surface area contributed by atoms with Crippen molar-refractivity contribution in [1.82, 2.24) is 19.9 Å². The molecular weight excluding hydrogens is 394 g/mol. The van der Waals surface area contributed by atoms with Crippen molar-refractivity contribution in [2.24, 2.45) is 0 Å². The Morgan fingerprint density at radius 2 is 2.17 bits per heavy atom. The second-order valence-electron chi connectivity index (χ2n) is 6.55. The molecule has 1 fully saturated rings. The predicted molar refractivity (Wildman–Crippen MR) is 110 cm³/mol. The van der Waals surface area contributed by atoms with E-state index >= 15 is 0 Å². The Morgan fingerprint density at radius 1 is 1.34 bits per heavy atom. The monoisotopic (exact) mass is 415 g/mol. The van der Waals surface area contributed by atoms with E-state index in [9.17, 15) is 9.59 Å². The summed E-state index contributed by atoms with van der Waals surface area (Å²) in [4.78, 5) is 35.9. The Labute approximate surface area is 170 Å². The van der Waals surface area contributed by atoms with Gasteiger partial charge in [-0.15, -0.1) is 0 Å². The number of hydrogen-bond acceptors (Lipinski definition) is 8. The summed E-state index contributed by atoms with van der Waals surface area (Å²) < 4.78 is 12.3. The van der Waals surface area contributed by atoms with Crippen LogP contribution >= 0.6 is 11.3 Å². The van der Waals surface area contributed by atoms with E-state index < -0.39 is 0 Å². The van der Waals surface area contributed by atoms with Crippen LogP contribution in [0.4, 0.5) is 5.13 Å². The third kappa shape index (κ3) is 4.38. The van der Waals surface area contributed by atoms with Crippen LogP contribution in [0.25, 0.3) is 10.3 Å². The van der Waals surface area contributed by atoms with E-state index in [4.69, 9.17) is 9.47 Å². The maximum atomic E-state index is 12.8. The molecule has 4 rings (SSSR count). The van der Waals surface area contributed by atoms with Crippen molar-refractivity contribution in [1.29, 1.82) is 0 Å². The van der Waals surface area contributed by atoms with Gasteiger partial charge in [-0.1, -0.05) is 23.5 Å². The fourth-order valence-electron chi connectivity index (χ4n) is 3.03. The number of aromatic nitrogens is 3. The van der Waals surface area contributed by atoms with Crippen LogP contribution in [0, 0.1) is 0 Å². The highest BCUT2D eigenvalue weighted by Gasteiger charge is 2.18. The molecule has 3 heterocycles. The average molecular weight is 415 g/mol. The van der Waals surface area contributed by atoms with Crippen LogP contribution in [-0.4, -0.2) is 53.9 Å². The van der Waals surface area contributed by atoms with E-state index in [1.165, 1.54) is 22.2 Å². The summed E-state index contributed by atoms with van der Waals surface area (Å²) in [5, 5.41) is 3.57. The molecule has 152 valence electrons. The SMILES string of the molecule is COc1cccc(CNC(=O)Cn2cnc3nc(N4CCOCC4)sc3c2=O)c1. The molecule has 29 heavy (non-hydrogen) atoms. The molecule has 2 aromatic heterocycles. The fraction of sp³-hybridized carbons (Fsp3) is 0.368. The van der Waals surface area contributed by atoms with Crippen LogP contribution in [0.15, 0.2) is 35.4 Å². The van der Waals surface area contributed by atoms with Gasteiger partial charge in [0, 0.05) is 19.6 Å². The number of morpholine rings is 1. The van der Waals surface area contributed by atoms with Crippen LogP contribution in [0.5, 0.6) is 5.75 Å². The Balaban J connectivity index is 1.45. The summed E-state index contributed by atoms with van der Waals surface area (Å²) >= 11 is 1.30. The Hall–Kier alpha value is -2.98. The molecule has 9 nitrogen and oxygen atoms in total. The number of benzene rings is 1. The van der Waals surface area contributed by atoms with E-state index in [2.05, 4.69) is 20.2 Å². The number of thiazole rings is 1. The number of fused-ring (bicyclic) bond motifs is 1. The number of anilines is 1. The summed E-state index contributed by atoms with van der Waals surface area (Å²) in [5.74, 6) is 0.456. The quantitative estimate of drug-likeness (QED) is 0.642. The molecule has 1 N–H and O–H groups in total. The summed E-state index contributed by atoms with van der Waals surface area (Å²) in [6.07, 6.45) is 1.37. The second kappa shape index (κ2) is 8.58. The summed E-state index contributed by atoms with van der Waals surface area (Å²) in [6, 6.07) is 7.45. The number of amides is 1. The highest BCUT2D eigenvalue weighted by molar-refractivity contribution is 7.22. The number of ether oxygens (including phenoxy) is 2. The molecule has 0 unspecified atom stereocenters. The molecule has 0 atom stereocenters. The van der Waals surface area contributed by atoms with Gasteiger partial charge in [0.15, 0.2) is 10.8 Å². The molecule has 0 spiro atoms. The summed E-state index contributed by atoms with van der Waals surface area (Å²) in [6.45, 7) is 3.00. The molecule has 1 aliphatic rings. The lowest BCUT2D eigenvalue weighted by molar-refractivity contribution is -0.121. The van der Waals surface area contributed by atoms with Crippen molar-refractivity contribution >= 4 is 32.7 Å². The number of hydrogen-bond donors (Lipinski definition) is 1. The third-order valence-electron chi connectivity index (χ3n) is 4.59. The van der Waals surface area contributed by atoms with Gasteiger partial charge < -0.3 is 19.7 Å². The highest BCUT2D eigenvalue weighted by atomic mass is 32.1. The van der Waals surface area contributed by atoms with Gasteiger partial charge >= 0.3 is 0 Å². The number of nitrogens with one attached hydrogen (secondary N) is 1. The van der Waals surface area contributed by atoms with Gasteiger partial charge in [0.2, 0.25) is 5.91 Å². The van der Waals surface area contributed by atoms with E-state index in [1.54, 1.807) is 7.11 Å². The molecule has 0 saturated carbocycles. The third-order valence-corrected chi connectivity index (χ3v) is 5.69. The summed E-state index contributed by atoms with van der Waals surface area (Å²) in [7, 11) is 1.59. The van der Waals surface area contributed by atoms with Gasteiger partial charge in [-0.05, 0) is 17.7 Å². The van der Waals surface area contributed by atoms with Crippen LogP contribution in [0.1, 0.15) is 5.56 Å². The molecule has 10 heteroatoms. The Kier molecular flexibility index (Phi) is 5.72. The maximum Gasteiger partial charge on any atom is 0.273 e. The van der Waals surface area contributed by atoms with Gasteiger partial charge in [0.25, 0.3) is 5.56 Å². The lowest BCUT2D eigenvalue weighted by Gasteiger charge is -2.25. The van der Waals surface area contributed by atoms with Gasteiger partial charge in [0.05, 0.1) is 20.3 Å². The number of nitrogens with zero attached hydrogens (tertiary/aromatic N) is 4. The topological polar surface area (TPSA) is 98.6 Å². The van der Waals surface area contributed by atoms with Gasteiger partial charge in [0.1, 0.15) is 23.3 Å². The first-order chi connectivity index (χ1) is 14.1. The fourth-order valence-corrected chi connectivity index (χ4v) is 4.05. The van der Waals surface area contributed by atoms with Crippen molar-refractivity contribution in [3.05, 3.63) is 46.5 Å². The van der Waals surface area contributed by atoms with Crippen LogP contribution in [0.2, 0.25) is 0 Å². The molecule has 0 bridgehead atoms. The molecule has 1 aliphatic heterocycles. The van der Waals surface area contributed by atoms with E-state index in [0.29, 0.717) is 30.1 Å².